The maximum atomic E-state index is 11.7. The predicted octanol–water partition coefficient (Wildman–Crippen LogP) is 2.94. The van der Waals surface area contributed by atoms with Crippen molar-refractivity contribution in [1.82, 2.24) is 10.6 Å². The van der Waals surface area contributed by atoms with Gasteiger partial charge in [0.25, 0.3) is 0 Å². The van der Waals surface area contributed by atoms with Gasteiger partial charge >= 0.3 is 24.1 Å². The van der Waals surface area contributed by atoms with Crippen molar-refractivity contribution < 1.29 is 38.9 Å². The van der Waals surface area contributed by atoms with Gasteiger partial charge in [0, 0.05) is 38.1 Å². The Morgan fingerprint density at radius 3 is 1.87 bits per heavy atom. The third-order valence-corrected chi connectivity index (χ3v) is 4.08. The number of hydrogen-bond donors (Lipinski definition) is 4. The number of carboxylic acids is 2. The van der Waals surface area contributed by atoms with E-state index in [2.05, 4.69) is 17.6 Å². The smallest absolute Gasteiger partial charge is 0.407 e. The standard InChI is InChI=1S/C21H34N2O8/c1-16(10-11-22-19(28)30-12-6-4-8-17(24)25)14-21(2,3)15-23-20(29)31-13-7-5-9-18(26)27/h4-5,8-9,16H,6-7,10-15H2,1-3H3,(H,22,28)(H,23,29)(H,24,25)(H,26,27). The van der Waals surface area contributed by atoms with Crippen molar-refractivity contribution in [2.24, 2.45) is 11.3 Å². The Bertz CT molecular complexity index is 643. The number of aliphatic carboxylic acids is 2. The second-order valence-corrected chi connectivity index (χ2v) is 7.87. The van der Waals surface area contributed by atoms with Crippen molar-refractivity contribution >= 4 is 24.1 Å². The van der Waals surface area contributed by atoms with Crippen LogP contribution in [0.1, 0.15) is 46.5 Å². The van der Waals surface area contributed by atoms with Crippen molar-refractivity contribution in [3.05, 3.63) is 24.3 Å². The molecule has 2 amide bonds. The minimum Gasteiger partial charge on any atom is -0.478 e. The van der Waals surface area contributed by atoms with Crippen molar-refractivity contribution in [1.29, 1.82) is 0 Å². The van der Waals surface area contributed by atoms with Gasteiger partial charge in [-0.1, -0.05) is 32.9 Å². The molecule has 0 aromatic heterocycles. The number of alkyl carbamates (subject to hydrolysis) is 2. The highest BCUT2D eigenvalue weighted by Gasteiger charge is 2.22. The molecule has 0 rings (SSSR count). The van der Waals surface area contributed by atoms with E-state index in [4.69, 9.17) is 19.7 Å². The summed E-state index contributed by atoms with van der Waals surface area (Å²) in [6.07, 6.45) is 5.95. The Morgan fingerprint density at radius 1 is 0.903 bits per heavy atom. The fraction of sp³-hybridized carbons (Fsp3) is 0.619. The molecule has 1 atom stereocenters. The lowest BCUT2D eigenvalue weighted by molar-refractivity contribution is -0.132. The molecule has 0 aromatic rings. The van der Waals surface area contributed by atoms with Gasteiger partial charge in [-0.15, -0.1) is 0 Å². The summed E-state index contributed by atoms with van der Waals surface area (Å²) in [4.78, 5) is 43.9. The molecule has 0 bridgehead atoms. The van der Waals surface area contributed by atoms with Crippen LogP contribution in [0.5, 0.6) is 0 Å². The van der Waals surface area contributed by atoms with Crippen LogP contribution in [0.15, 0.2) is 24.3 Å². The van der Waals surface area contributed by atoms with Crippen LogP contribution in [0.25, 0.3) is 0 Å². The van der Waals surface area contributed by atoms with Gasteiger partial charge in [0.15, 0.2) is 0 Å². The molecule has 0 aromatic carbocycles. The molecule has 0 aliphatic carbocycles. The molecule has 0 fully saturated rings. The number of hydrogen-bond acceptors (Lipinski definition) is 6. The molecule has 0 heterocycles. The van der Waals surface area contributed by atoms with E-state index in [1.165, 1.54) is 12.2 Å². The van der Waals surface area contributed by atoms with E-state index in [9.17, 15) is 19.2 Å². The molecule has 0 saturated heterocycles. The molecule has 176 valence electrons. The van der Waals surface area contributed by atoms with Gasteiger partial charge < -0.3 is 30.3 Å². The molecule has 0 saturated carbocycles. The quantitative estimate of drug-likeness (QED) is 0.223. The van der Waals surface area contributed by atoms with Crippen molar-refractivity contribution in [2.45, 2.75) is 46.5 Å². The monoisotopic (exact) mass is 442 g/mol. The first-order chi connectivity index (χ1) is 14.5. The molecule has 4 N–H and O–H groups in total. The number of rotatable bonds is 15. The van der Waals surface area contributed by atoms with Gasteiger partial charge in [-0.2, -0.15) is 0 Å². The summed E-state index contributed by atoms with van der Waals surface area (Å²) in [6.45, 7) is 7.16. The predicted molar refractivity (Wildman–Crippen MR) is 114 cm³/mol. The normalized spacial score (nSPS) is 12.5. The lowest BCUT2D eigenvalue weighted by Crippen LogP contribution is -2.36. The average Bonchev–Trinajstić information content (AvgIpc) is 2.65. The Morgan fingerprint density at radius 2 is 1.39 bits per heavy atom. The molecular formula is C21H34N2O8. The first-order valence-electron chi connectivity index (χ1n) is 10.1. The lowest BCUT2D eigenvalue weighted by Gasteiger charge is -2.28. The maximum absolute atomic E-state index is 11.7. The van der Waals surface area contributed by atoms with E-state index in [1.54, 1.807) is 0 Å². The van der Waals surface area contributed by atoms with Crippen molar-refractivity contribution in [3.63, 3.8) is 0 Å². The zero-order chi connectivity index (χ0) is 23.7. The van der Waals surface area contributed by atoms with E-state index >= 15 is 0 Å². The largest absolute Gasteiger partial charge is 0.478 e. The Labute approximate surface area is 182 Å². The third kappa shape index (κ3) is 18.7. The highest BCUT2D eigenvalue weighted by atomic mass is 16.6. The van der Waals surface area contributed by atoms with Crippen LogP contribution < -0.4 is 10.6 Å². The number of ether oxygens (including phenoxy) is 2. The van der Waals surface area contributed by atoms with Crippen molar-refractivity contribution in [2.75, 3.05) is 26.3 Å². The van der Waals surface area contributed by atoms with Gasteiger partial charge in [0.1, 0.15) is 0 Å². The van der Waals surface area contributed by atoms with Crippen LogP contribution in [0, 0.1) is 11.3 Å². The highest BCUT2D eigenvalue weighted by Crippen LogP contribution is 2.26. The van der Waals surface area contributed by atoms with Crippen LogP contribution >= 0.6 is 0 Å². The van der Waals surface area contributed by atoms with Gasteiger partial charge in [0.05, 0.1) is 13.2 Å². The van der Waals surface area contributed by atoms with E-state index in [0.717, 1.165) is 25.0 Å². The second kappa shape index (κ2) is 15.8. The summed E-state index contributed by atoms with van der Waals surface area (Å²) in [5.41, 5.74) is -0.182. The first-order valence-corrected chi connectivity index (χ1v) is 10.1. The van der Waals surface area contributed by atoms with Crippen LogP contribution in [0.4, 0.5) is 9.59 Å². The fourth-order valence-corrected chi connectivity index (χ4v) is 2.76. The van der Waals surface area contributed by atoms with Crippen LogP contribution in [-0.2, 0) is 19.1 Å². The third-order valence-electron chi connectivity index (χ3n) is 4.08. The van der Waals surface area contributed by atoms with E-state index in [1.807, 2.05) is 13.8 Å². The molecule has 0 aliphatic rings. The van der Waals surface area contributed by atoms with Gasteiger partial charge in [-0.3, -0.25) is 0 Å². The summed E-state index contributed by atoms with van der Waals surface area (Å²) >= 11 is 0. The summed E-state index contributed by atoms with van der Waals surface area (Å²) in [7, 11) is 0. The minimum absolute atomic E-state index is 0.101. The van der Waals surface area contributed by atoms with Gasteiger partial charge in [-0.05, 0) is 24.2 Å². The van der Waals surface area contributed by atoms with E-state index < -0.39 is 24.1 Å². The van der Waals surface area contributed by atoms with E-state index in [-0.39, 0.29) is 24.5 Å². The molecule has 10 heteroatoms. The number of nitrogens with one attached hydrogen (secondary N) is 2. The molecule has 1 unspecified atom stereocenters. The topological polar surface area (TPSA) is 151 Å². The Kier molecular flexibility index (Phi) is 14.2. The molecule has 0 aliphatic heterocycles. The Hall–Kier alpha value is -3.04. The van der Waals surface area contributed by atoms with Crippen LogP contribution in [0.2, 0.25) is 0 Å². The fourth-order valence-electron chi connectivity index (χ4n) is 2.76. The number of carbonyl (C=O) groups is 4. The van der Waals surface area contributed by atoms with Crippen molar-refractivity contribution in [3.8, 4) is 0 Å². The van der Waals surface area contributed by atoms with E-state index in [0.29, 0.717) is 25.9 Å². The number of carboxylic acid groups (broad SMARTS) is 2. The molecule has 0 spiro atoms. The SMILES string of the molecule is CC(CCNC(=O)OCCC=CC(=O)O)CC(C)(C)CNC(=O)OCCC=CC(=O)O. The highest BCUT2D eigenvalue weighted by molar-refractivity contribution is 5.80. The van der Waals surface area contributed by atoms with Gasteiger partial charge in [-0.25, -0.2) is 19.2 Å². The Balaban J connectivity index is 3.95. The molecule has 31 heavy (non-hydrogen) atoms. The number of amides is 2. The second-order valence-electron chi connectivity index (χ2n) is 7.87. The van der Waals surface area contributed by atoms with Gasteiger partial charge in [0.2, 0.25) is 0 Å². The zero-order valence-electron chi connectivity index (χ0n) is 18.4. The molecule has 0 radical (unpaired) electrons. The zero-order valence-corrected chi connectivity index (χ0v) is 18.4. The number of carbonyl (C=O) groups excluding carboxylic acids is 2. The average molecular weight is 443 g/mol. The summed E-state index contributed by atoms with van der Waals surface area (Å²) in [5.74, 6) is -1.80. The maximum Gasteiger partial charge on any atom is 0.407 e. The van der Waals surface area contributed by atoms with Crippen LogP contribution in [-0.4, -0.2) is 60.6 Å². The molecule has 10 nitrogen and oxygen atoms in total. The lowest BCUT2D eigenvalue weighted by atomic mass is 9.82. The van der Waals surface area contributed by atoms with Crippen LogP contribution in [0.3, 0.4) is 0 Å². The summed E-state index contributed by atoms with van der Waals surface area (Å²) in [6, 6.07) is 0. The first kappa shape index (κ1) is 28.0. The minimum atomic E-state index is -1.04. The molecular weight excluding hydrogens is 408 g/mol. The summed E-state index contributed by atoms with van der Waals surface area (Å²) < 4.78 is 9.93. The summed E-state index contributed by atoms with van der Waals surface area (Å²) in [5, 5.41) is 22.3.